The van der Waals surface area contributed by atoms with E-state index in [1.54, 1.807) is 4.90 Å². The molecule has 2 aliphatic rings. The highest BCUT2D eigenvalue weighted by atomic mass is 16.2. The van der Waals surface area contributed by atoms with Crippen LogP contribution >= 0.6 is 0 Å². The highest BCUT2D eigenvalue weighted by molar-refractivity contribution is 5.97. The smallest absolute Gasteiger partial charge is 0.260 e. The highest BCUT2D eigenvalue weighted by Crippen LogP contribution is 2.20. The molecule has 0 saturated carbocycles. The monoisotopic (exact) mass is 1070 g/mol. The van der Waals surface area contributed by atoms with Crippen molar-refractivity contribution in [1.82, 2.24) is 52.1 Å². The second-order valence-corrected chi connectivity index (χ2v) is 22.3. The number of piperidine rings is 1. The lowest BCUT2D eigenvalue weighted by atomic mass is 9.96. The average Bonchev–Trinajstić information content (AvgIpc) is 3.86. The quantitative estimate of drug-likeness (QED) is 0.0425. The number of hydrazine groups is 1. The number of amides is 10. The van der Waals surface area contributed by atoms with Crippen molar-refractivity contribution in [3.05, 3.63) is 35.9 Å². The number of carbonyl (C=O) groups excluding carboxylic acids is 10. The molecule has 76 heavy (non-hydrogen) atoms. The van der Waals surface area contributed by atoms with Gasteiger partial charge in [-0.1, -0.05) is 85.7 Å². The van der Waals surface area contributed by atoms with Crippen LogP contribution in [0.4, 0.5) is 0 Å². The molecule has 2 aliphatic heterocycles. The van der Waals surface area contributed by atoms with Crippen molar-refractivity contribution in [2.45, 2.75) is 183 Å². The lowest BCUT2D eigenvalue weighted by molar-refractivity contribution is -0.142. The van der Waals surface area contributed by atoms with Crippen LogP contribution in [0.1, 0.15) is 145 Å². The molecule has 0 bridgehead atoms. The Morgan fingerprint density at radius 2 is 1.09 bits per heavy atom. The van der Waals surface area contributed by atoms with E-state index in [-0.39, 0.29) is 74.1 Å². The van der Waals surface area contributed by atoms with Crippen molar-refractivity contribution in [3.63, 3.8) is 0 Å². The summed E-state index contributed by atoms with van der Waals surface area (Å²) in [6.45, 7) is 19.3. The Bertz CT molecular complexity index is 2100. The van der Waals surface area contributed by atoms with Crippen molar-refractivity contribution < 1.29 is 47.9 Å². The molecule has 10 amide bonds. The van der Waals surface area contributed by atoms with Crippen molar-refractivity contribution in [2.24, 2.45) is 35.3 Å². The van der Waals surface area contributed by atoms with Crippen LogP contribution in [0.5, 0.6) is 0 Å². The number of rotatable bonds is 29. The normalized spacial score (nSPS) is 16.8. The third-order valence-corrected chi connectivity index (χ3v) is 13.7. The first-order chi connectivity index (χ1) is 35.9. The zero-order valence-electron chi connectivity index (χ0n) is 47.0. The van der Waals surface area contributed by atoms with Gasteiger partial charge in [0.05, 0.1) is 6.54 Å². The third-order valence-electron chi connectivity index (χ3n) is 13.7. The summed E-state index contributed by atoms with van der Waals surface area (Å²) in [5.41, 5.74) is 11.7. The minimum atomic E-state index is -1.18. The number of carbonyl (C=O) groups is 10. The van der Waals surface area contributed by atoms with Gasteiger partial charge >= 0.3 is 0 Å². The Morgan fingerprint density at radius 3 is 1.59 bits per heavy atom. The minimum absolute atomic E-state index is 0.0251. The highest BCUT2D eigenvalue weighted by Gasteiger charge is 2.37. The van der Waals surface area contributed by atoms with Crippen molar-refractivity contribution >= 4 is 59.1 Å². The van der Waals surface area contributed by atoms with Gasteiger partial charge < -0.3 is 47.0 Å². The second-order valence-electron chi connectivity index (χ2n) is 22.3. The van der Waals surface area contributed by atoms with Gasteiger partial charge in [0.25, 0.3) is 5.91 Å². The molecule has 3 rings (SSSR count). The van der Waals surface area contributed by atoms with Crippen LogP contribution in [0.25, 0.3) is 0 Å². The van der Waals surface area contributed by atoms with Crippen LogP contribution in [0.3, 0.4) is 0 Å². The molecule has 9 N–H and O–H groups in total. The molecule has 21 heteroatoms. The van der Waals surface area contributed by atoms with Crippen LogP contribution in [-0.2, 0) is 54.4 Å². The van der Waals surface area contributed by atoms with E-state index in [2.05, 4.69) is 37.4 Å². The van der Waals surface area contributed by atoms with E-state index in [4.69, 9.17) is 5.73 Å². The van der Waals surface area contributed by atoms with Gasteiger partial charge in [0.1, 0.15) is 36.3 Å². The Labute approximate surface area is 450 Å². The van der Waals surface area contributed by atoms with Gasteiger partial charge in [0, 0.05) is 45.9 Å². The van der Waals surface area contributed by atoms with E-state index in [1.807, 2.05) is 85.7 Å². The summed E-state index contributed by atoms with van der Waals surface area (Å²) >= 11 is 0. The van der Waals surface area contributed by atoms with E-state index in [0.29, 0.717) is 71.1 Å². The van der Waals surface area contributed by atoms with E-state index >= 15 is 0 Å². The molecule has 2 saturated heterocycles. The van der Waals surface area contributed by atoms with E-state index < -0.39 is 96.0 Å². The van der Waals surface area contributed by atoms with Crippen molar-refractivity contribution in [2.75, 3.05) is 39.3 Å². The van der Waals surface area contributed by atoms with Crippen LogP contribution < -0.4 is 43.2 Å². The molecular weight excluding hydrogens is 975 g/mol. The number of nitrogens with two attached hydrogens (primary N) is 1. The maximum atomic E-state index is 14.5. The molecule has 1 aromatic rings. The number of nitrogens with one attached hydrogen (secondary N) is 7. The van der Waals surface area contributed by atoms with Gasteiger partial charge in [-0.15, -0.1) is 0 Å². The molecule has 0 spiro atoms. The van der Waals surface area contributed by atoms with Crippen molar-refractivity contribution in [3.8, 4) is 0 Å². The van der Waals surface area contributed by atoms with E-state index in [0.717, 1.165) is 5.56 Å². The molecule has 0 aromatic heterocycles. The number of hydrogen-bond donors (Lipinski definition) is 8. The molecule has 0 aliphatic carbocycles. The standard InChI is InChI=1S/C55H91N11O10/c1-34(2)29-43(51(72)59-44(30-35(3)4)52(73)60-45(31-36(5)6)53(74)63-62-49(70)41-22-27-64(28-23-41)38(9)67)58-50(71)42(21-20-40-17-12-11-13-18-40)57-48(69)33-65(25-15-14-24-56)55(76)46(32-37(7)8)61-54(75)47-19-16-26-66(47)39(10)68/h11-13,17-18,34-37,41-47H,14-16,19-33,56H2,1-10H3,(H,57,69)(H,58,71)(H,59,72)(H,60,73)(H,61,75)(H,62,70)(H,63,74)/t42-,43-,44+,45+,46-,47-/m0/s1. The number of nitrogens with zero attached hydrogens (tertiary/aromatic N) is 3. The predicted octanol–water partition coefficient (Wildman–Crippen LogP) is 2.21. The van der Waals surface area contributed by atoms with Crippen molar-refractivity contribution in [1.29, 1.82) is 0 Å². The second kappa shape index (κ2) is 32.5. The lowest BCUT2D eigenvalue weighted by Crippen LogP contribution is -2.60. The molecular formula is C55H91N11O10. The summed E-state index contributed by atoms with van der Waals surface area (Å²) in [6.07, 6.45) is 4.34. The van der Waals surface area contributed by atoms with Gasteiger partial charge in [0.15, 0.2) is 0 Å². The first-order valence-corrected chi connectivity index (χ1v) is 27.6. The maximum Gasteiger partial charge on any atom is 0.260 e. The fraction of sp³-hybridized carbons (Fsp3) is 0.709. The summed E-state index contributed by atoms with van der Waals surface area (Å²) in [7, 11) is 0. The SMILES string of the molecule is CC(=O)N1CCC(C(=O)NNC(=O)[C@@H](CC(C)C)NC(=O)[C@@H](CC(C)C)NC(=O)[C@H](CC(C)C)NC(=O)[C@H](CCc2ccccc2)NC(=O)CN(CCCCN)C(=O)[C@H](CC(C)C)NC(=O)[C@@H]2CCCN2C(C)=O)CC1. The summed E-state index contributed by atoms with van der Waals surface area (Å²) < 4.78 is 0. The third kappa shape index (κ3) is 22.2. The van der Waals surface area contributed by atoms with Crippen LogP contribution in [-0.4, -0.2) is 149 Å². The van der Waals surface area contributed by atoms with Gasteiger partial charge in [-0.3, -0.25) is 58.8 Å². The van der Waals surface area contributed by atoms with Gasteiger partial charge in [-0.25, -0.2) is 0 Å². The summed E-state index contributed by atoms with van der Waals surface area (Å²) in [6, 6.07) is 3.09. The zero-order chi connectivity index (χ0) is 56.6. The average molecular weight is 1070 g/mol. The van der Waals surface area contributed by atoms with Crippen LogP contribution in [0, 0.1) is 29.6 Å². The Hall–Kier alpha value is -6.12. The molecule has 21 nitrogen and oxygen atoms in total. The minimum Gasteiger partial charge on any atom is -0.343 e. The van der Waals surface area contributed by atoms with Gasteiger partial charge in [0.2, 0.25) is 53.2 Å². The number of benzene rings is 1. The Kier molecular flexibility index (Phi) is 27.4. The number of likely N-dealkylation sites (tertiary alicyclic amines) is 2. The maximum absolute atomic E-state index is 14.5. The van der Waals surface area contributed by atoms with E-state index in [9.17, 15) is 47.9 Å². The first-order valence-electron chi connectivity index (χ1n) is 27.6. The van der Waals surface area contributed by atoms with Crippen LogP contribution in [0.2, 0.25) is 0 Å². The van der Waals surface area contributed by atoms with Crippen LogP contribution in [0.15, 0.2) is 30.3 Å². The predicted molar refractivity (Wildman–Crippen MR) is 289 cm³/mol. The summed E-state index contributed by atoms with van der Waals surface area (Å²) in [5.74, 6) is -5.56. The lowest BCUT2D eigenvalue weighted by Gasteiger charge is -2.31. The largest absolute Gasteiger partial charge is 0.343 e. The molecule has 1 aromatic carbocycles. The van der Waals surface area contributed by atoms with Gasteiger partial charge in [-0.05, 0) is 113 Å². The summed E-state index contributed by atoms with van der Waals surface area (Å²) in [4.78, 5) is 140. The fourth-order valence-electron chi connectivity index (χ4n) is 9.64. The zero-order valence-corrected chi connectivity index (χ0v) is 47.0. The number of unbranched alkanes of at least 4 members (excludes halogenated alkanes) is 1. The van der Waals surface area contributed by atoms with E-state index in [1.165, 1.54) is 23.6 Å². The topological polar surface area (TPSA) is 291 Å². The van der Waals surface area contributed by atoms with Gasteiger partial charge in [-0.2, -0.15) is 0 Å². The molecule has 426 valence electrons. The fourth-order valence-corrected chi connectivity index (χ4v) is 9.64. The molecule has 2 heterocycles. The molecule has 0 unspecified atom stereocenters. The molecule has 2 fully saturated rings. The Balaban J connectivity index is 1.84. The molecule has 6 atom stereocenters. The summed E-state index contributed by atoms with van der Waals surface area (Å²) in [5, 5.41) is 14.2. The number of aryl methyl sites for hydroxylation is 1. The Morgan fingerprint density at radius 1 is 0.579 bits per heavy atom. The molecule has 0 radical (unpaired) electrons. The number of hydrogen-bond acceptors (Lipinski definition) is 11. The first kappa shape index (κ1) is 64.2.